The van der Waals surface area contributed by atoms with Crippen LogP contribution in [0.25, 0.3) is 0 Å². The monoisotopic (exact) mass is 308 g/mol. The molecule has 0 atom stereocenters. The summed E-state index contributed by atoms with van der Waals surface area (Å²) < 4.78 is 11.3. The molecule has 0 spiro atoms. The van der Waals surface area contributed by atoms with E-state index in [0.717, 1.165) is 43.1 Å². The van der Waals surface area contributed by atoms with Crippen molar-refractivity contribution in [3.8, 4) is 11.5 Å². The minimum absolute atomic E-state index is 0.203. The molecule has 116 valence electrons. The highest BCUT2D eigenvalue weighted by atomic mass is 32.2. The Hall–Kier alpha value is -1.36. The van der Waals surface area contributed by atoms with E-state index in [1.165, 1.54) is 4.90 Å². The van der Waals surface area contributed by atoms with Crippen LogP contribution in [0.3, 0.4) is 0 Å². The normalized spacial score (nSPS) is 14.6. The number of fused-ring (bicyclic) bond motifs is 1. The van der Waals surface area contributed by atoms with Gasteiger partial charge in [-0.15, -0.1) is 11.8 Å². The van der Waals surface area contributed by atoms with Crippen LogP contribution in [0.5, 0.6) is 11.5 Å². The van der Waals surface area contributed by atoms with Gasteiger partial charge in [0, 0.05) is 16.7 Å². The van der Waals surface area contributed by atoms with Gasteiger partial charge in [-0.3, -0.25) is 5.41 Å². The largest absolute Gasteiger partial charge is 0.490 e. The van der Waals surface area contributed by atoms with Gasteiger partial charge in [-0.25, -0.2) is 0 Å². The summed E-state index contributed by atoms with van der Waals surface area (Å²) >= 11 is 1.81. The van der Waals surface area contributed by atoms with Gasteiger partial charge in [-0.2, -0.15) is 0 Å². The fourth-order valence-corrected chi connectivity index (χ4v) is 2.95. The molecular weight excluding hydrogens is 284 g/mol. The van der Waals surface area contributed by atoms with E-state index in [4.69, 9.17) is 20.6 Å². The molecule has 3 N–H and O–H groups in total. The van der Waals surface area contributed by atoms with Gasteiger partial charge >= 0.3 is 0 Å². The fourth-order valence-electron chi connectivity index (χ4n) is 2.07. The zero-order chi connectivity index (χ0) is 15.3. The quantitative estimate of drug-likeness (QED) is 0.364. The Labute approximate surface area is 130 Å². The molecule has 0 unspecified atom stereocenters. The number of nitrogens with one attached hydrogen (secondary N) is 1. The van der Waals surface area contributed by atoms with E-state index in [2.05, 4.69) is 12.1 Å². The molecule has 1 heterocycles. The zero-order valence-electron chi connectivity index (χ0n) is 12.8. The third-order valence-electron chi connectivity index (χ3n) is 3.66. The lowest BCUT2D eigenvalue weighted by Crippen LogP contribution is -2.30. The van der Waals surface area contributed by atoms with Crippen molar-refractivity contribution in [3.05, 3.63) is 18.2 Å². The molecule has 0 fully saturated rings. The van der Waals surface area contributed by atoms with Crippen molar-refractivity contribution >= 4 is 17.6 Å². The molecule has 4 nitrogen and oxygen atoms in total. The van der Waals surface area contributed by atoms with Crippen LogP contribution in [0.1, 0.15) is 33.1 Å². The number of hydrogen-bond acceptors (Lipinski definition) is 4. The molecule has 0 saturated heterocycles. The average molecular weight is 308 g/mol. The van der Waals surface area contributed by atoms with Crippen LogP contribution >= 0.6 is 11.8 Å². The number of ether oxygens (including phenoxy) is 2. The van der Waals surface area contributed by atoms with E-state index in [-0.39, 0.29) is 11.3 Å². The van der Waals surface area contributed by atoms with Crippen LogP contribution in [-0.2, 0) is 0 Å². The molecule has 0 radical (unpaired) electrons. The third-order valence-corrected chi connectivity index (χ3v) is 4.74. The Morgan fingerprint density at radius 3 is 2.71 bits per heavy atom. The van der Waals surface area contributed by atoms with Gasteiger partial charge in [0.15, 0.2) is 11.5 Å². The molecule has 0 saturated carbocycles. The van der Waals surface area contributed by atoms with E-state index >= 15 is 0 Å². The molecule has 0 aliphatic carbocycles. The smallest absolute Gasteiger partial charge is 0.162 e. The maximum Gasteiger partial charge on any atom is 0.162 e. The summed E-state index contributed by atoms with van der Waals surface area (Å²) in [5.74, 6) is 2.97. The fraction of sp³-hybridized carbons (Fsp3) is 0.562. The van der Waals surface area contributed by atoms with Crippen LogP contribution in [0.15, 0.2) is 23.1 Å². The zero-order valence-corrected chi connectivity index (χ0v) is 13.6. The molecule has 1 aromatic carbocycles. The second kappa shape index (κ2) is 7.07. The predicted molar refractivity (Wildman–Crippen MR) is 87.7 cm³/mol. The lowest BCUT2D eigenvalue weighted by Gasteiger charge is -2.22. The number of hydrogen-bond donors (Lipinski definition) is 2. The Kier molecular flexibility index (Phi) is 5.39. The molecule has 2 rings (SSSR count). The topological polar surface area (TPSA) is 68.3 Å². The molecule has 0 bridgehead atoms. The van der Waals surface area contributed by atoms with Crippen LogP contribution < -0.4 is 15.2 Å². The first-order valence-corrected chi connectivity index (χ1v) is 8.34. The van der Waals surface area contributed by atoms with Crippen molar-refractivity contribution in [2.24, 2.45) is 11.1 Å². The number of nitrogens with two attached hydrogens (primary N) is 1. The SMILES string of the molecule is CC(C)(CCCSc1ccc2c(c1)OCCCO2)C(=N)N. The number of rotatable bonds is 6. The van der Waals surface area contributed by atoms with Gasteiger partial charge < -0.3 is 15.2 Å². The first kappa shape index (κ1) is 16.0. The number of benzene rings is 1. The van der Waals surface area contributed by atoms with E-state index < -0.39 is 0 Å². The van der Waals surface area contributed by atoms with Gasteiger partial charge in [0.25, 0.3) is 0 Å². The Balaban J connectivity index is 1.84. The lowest BCUT2D eigenvalue weighted by molar-refractivity contribution is 0.297. The minimum atomic E-state index is -0.203. The van der Waals surface area contributed by atoms with Gasteiger partial charge in [-0.1, -0.05) is 13.8 Å². The molecule has 21 heavy (non-hydrogen) atoms. The summed E-state index contributed by atoms with van der Waals surface area (Å²) in [6.07, 6.45) is 2.89. The van der Waals surface area contributed by atoms with Gasteiger partial charge in [0.1, 0.15) is 0 Å². The molecule has 0 aromatic heterocycles. The maximum atomic E-state index is 7.56. The molecule has 0 amide bonds. The van der Waals surface area contributed by atoms with Crippen LogP contribution in [0, 0.1) is 10.8 Å². The molecular formula is C16H24N2O2S. The third kappa shape index (κ3) is 4.56. The van der Waals surface area contributed by atoms with E-state index in [1.54, 1.807) is 11.8 Å². The van der Waals surface area contributed by atoms with Crippen molar-refractivity contribution < 1.29 is 9.47 Å². The van der Waals surface area contributed by atoms with Crippen molar-refractivity contribution in [3.63, 3.8) is 0 Å². The second-order valence-corrected chi connectivity index (χ2v) is 7.08. The van der Waals surface area contributed by atoms with Crippen molar-refractivity contribution in [2.45, 2.75) is 38.0 Å². The summed E-state index contributed by atoms with van der Waals surface area (Å²) in [5.41, 5.74) is 5.40. The highest BCUT2D eigenvalue weighted by Crippen LogP contribution is 2.34. The Morgan fingerprint density at radius 2 is 2.00 bits per heavy atom. The van der Waals surface area contributed by atoms with Crippen molar-refractivity contribution in [1.29, 1.82) is 5.41 Å². The van der Waals surface area contributed by atoms with Crippen LogP contribution in [0.2, 0.25) is 0 Å². The Bertz CT molecular complexity index is 503. The molecule has 1 aliphatic heterocycles. The number of amidine groups is 1. The number of thioether (sulfide) groups is 1. The van der Waals surface area contributed by atoms with E-state index in [1.807, 2.05) is 19.9 Å². The maximum absolute atomic E-state index is 7.56. The highest BCUT2D eigenvalue weighted by Gasteiger charge is 2.20. The summed E-state index contributed by atoms with van der Waals surface area (Å²) in [4.78, 5) is 1.19. The van der Waals surface area contributed by atoms with Crippen LogP contribution in [0.4, 0.5) is 0 Å². The van der Waals surface area contributed by atoms with Crippen molar-refractivity contribution in [2.75, 3.05) is 19.0 Å². The predicted octanol–water partition coefficient (Wildman–Crippen LogP) is 3.68. The minimum Gasteiger partial charge on any atom is -0.490 e. The van der Waals surface area contributed by atoms with Crippen LogP contribution in [-0.4, -0.2) is 24.8 Å². The molecule has 1 aromatic rings. The summed E-state index contributed by atoms with van der Waals surface area (Å²) in [6, 6.07) is 6.12. The Morgan fingerprint density at radius 1 is 1.29 bits per heavy atom. The van der Waals surface area contributed by atoms with E-state index in [0.29, 0.717) is 6.61 Å². The van der Waals surface area contributed by atoms with Gasteiger partial charge in [0.2, 0.25) is 0 Å². The molecule has 5 heteroatoms. The summed E-state index contributed by atoms with van der Waals surface area (Å²) in [6.45, 7) is 5.48. The first-order chi connectivity index (χ1) is 9.99. The highest BCUT2D eigenvalue weighted by molar-refractivity contribution is 7.99. The lowest BCUT2D eigenvalue weighted by atomic mass is 9.87. The standard InChI is InChI=1S/C16H24N2O2S/c1-16(2,15(17)18)7-3-10-21-12-5-6-13-14(11-12)20-9-4-8-19-13/h5-6,11H,3-4,7-10H2,1-2H3,(H3,17,18). The van der Waals surface area contributed by atoms with Crippen molar-refractivity contribution in [1.82, 2.24) is 0 Å². The van der Waals surface area contributed by atoms with Gasteiger partial charge in [-0.05, 0) is 36.8 Å². The molecule has 1 aliphatic rings. The average Bonchev–Trinajstić information content (AvgIpc) is 2.68. The summed E-state index contributed by atoms with van der Waals surface area (Å²) in [7, 11) is 0. The first-order valence-electron chi connectivity index (χ1n) is 7.36. The van der Waals surface area contributed by atoms with Gasteiger partial charge in [0.05, 0.1) is 19.0 Å². The second-order valence-electron chi connectivity index (χ2n) is 5.91. The van der Waals surface area contributed by atoms with E-state index in [9.17, 15) is 0 Å². The summed E-state index contributed by atoms with van der Waals surface area (Å²) in [5, 5.41) is 7.56.